The Kier molecular flexibility index (Phi) is 11.8. The van der Waals surface area contributed by atoms with Crippen LogP contribution in [0.4, 0.5) is 10.1 Å². The average Bonchev–Trinajstić information content (AvgIpc) is 3.01. The molecule has 4 rings (SSSR count). The standard InChI is InChI=1S/C31H35Cl2FN4O7/c1-18(39)45-21-10-13-37(14-11-21)15-12-24(30(43)35-23-7-6-22(32)28(33)29(23)34)36-31(44)25-16-19-4-2-3-5-20(19)17-38(25)26(40)8-9-27(41)42/h2-7,21,24-25H,8-17H2,1H3,(H,35,43)(H,36,44)(H,41,42). The molecule has 2 aromatic carbocycles. The van der Waals surface area contributed by atoms with Crippen LogP contribution in [0.5, 0.6) is 0 Å². The molecule has 2 heterocycles. The number of benzene rings is 2. The van der Waals surface area contributed by atoms with E-state index < -0.39 is 41.6 Å². The number of nitrogens with one attached hydrogen (secondary N) is 2. The van der Waals surface area contributed by atoms with Crippen LogP contribution < -0.4 is 10.6 Å². The summed E-state index contributed by atoms with van der Waals surface area (Å²) in [5.74, 6) is -4.20. The van der Waals surface area contributed by atoms with Gasteiger partial charge >= 0.3 is 11.9 Å². The zero-order chi connectivity index (χ0) is 32.7. The van der Waals surface area contributed by atoms with Crippen LogP contribution in [-0.2, 0) is 41.7 Å². The molecular formula is C31H35Cl2FN4O7. The van der Waals surface area contributed by atoms with Crippen LogP contribution >= 0.6 is 23.2 Å². The average molecular weight is 666 g/mol. The smallest absolute Gasteiger partial charge is 0.303 e. The summed E-state index contributed by atoms with van der Waals surface area (Å²) in [5, 5.41) is 14.0. The van der Waals surface area contributed by atoms with Gasteiger partial charge < -0.3 is 30.3 Å². The fourth-order valence-electron chi connectivity index (χ4n) is 5.55. The van der Waals surface area contributed by atoms with Gasteiger partial charge in [0.25, 0.3) is 0 Å². The molecule has 2 aromatic rings. The number of halogens is 3. The van der Waals surface area contributed by atoms with Crippen LogP contribution in [0, 0.1) is 5.82 Å². The van der Waals surface area contributed by atoms with Crippen molar-refractivity contribution in [3.05, 3.63) is 63.4 Å². The van der Waals surface area contributed by atoms with Gasteiger partial charge in [0.2, 0.25) is 17.7 Å². The maximum absolute atomic E-state index is 14.8. The Labute approximate surface area is 270 Å². The summed E-state index contributed by atoms with van der Waals surface area (Å²) >= 11 is 11.8. The van der Waals surface area contributed by atoms with Crippen molar-refractivity contribution >= 4 is 58.5 Å². The lowest BCUT2D eigenvalue weighted by Gasteiger charge is -2.37. The van der Waals surface area contributed by atoms with Crippen molar-refractivity contribution in [1.82, 2.24) is 15.1 Å². The van der Waals surface area contributed by atoms with Crippen LogP contribution in [0.3, 0.4) is 0 Å². The van der Waals surface area contributed by atoms with Crippen molar-refractivity contribution < 1.29 is 38.2 Å². The van der Waals surface area contributed by atoms with Gasteiger partial charge in [0.05, 0.1) is 22.2 Å². The summed E-state index contributed by atoms with van der Waals surface area (Å²) in [6.45, 7) is 3.07. The molecule has 2 aliphatic rings. The minimum atomic E-state index is -1.13. The fraction of sp³-hybridized carbons (Fsp3) is 0.452. The summed E-state index contributed by atoms with van der Waals surface area (Å²) < 4.78 is 20.1. The third-order valence-electron chi connectivity index (χ3n) is 7.95. The number of amides is 3. The summed E-state index contributed by atoms with van der Waals surface area (Å²) in [7, 11) is 0. The third kappa shape index (κ3) is 9.15. The molecule has 3 N–H and O–H groups in total. The highest BCUT2D eigenvalue weighted by Crippen LogP contribution is 2.30. The molecule has 1 fully saturated rings. The monoisotopic (exact) mass is 664 g/mol. The summed E-state index contributed by atoms with van der Waals surface area (Å²) in [6, 6.07) is 7.80. The van der Waals surface area contributed by atoms with Gasteiger partial charge in [-0.15, -0.1) is 0 Å². The van der Waals surface area contributed by atoms with Gasteiger partial charge in [0, 0.05) is 45.9 Å². The number of carboxylic acid groups (broad SMARTS) is 1. The molecular weight excluding hydrogens is 630 g/mol. The van der Waals surface area contributed by atoms with E-state index in [-0.39, 0.29) is 60.0 Å². The van der Waals surface area contributed by atoms with Crippen molar-refractivity contribution in [2.24, 2.45) is 0 Å². The summed E-state index contributed by atoms with van der Waals surface area (Å²) in [6.07, 6.45) is 0.687. The van der Waals surface area contributed by atoms with Gasteiger partial charge in [-0.1, -0.05) is 47.5 Å². The van der Waals surface area contributed by atoms with E-state index in [0.29, 0.717) is 32.5 Å². The fourth-order valence-corrected chi connectivity index (χ4v) is 5.86. The van der Waals surface area contributed by atoms with Crippen LogP contribution in [0.1, 0.15) is 50.2 Å². The van der Waals surface area contributed by atoms with E-state index in [2.05, 4.69) is 15.5 Å². The topological polar surface area (TPSA) is 145 Å². The minimum absolute atomic E-state index is 0.0283. The molecule has 14 heteroatoms. The highest BCUT2D eigenvalue weighted by Gasteiger charge is 2.36. The van der Waals surface area contributed by atoms with Crippen LogP contribution in [-0.4, -0.2) is 82.4 Å². The van der Waals surface area contributed by atoms with Gasteiger partial charge in [-0.3, -0.25) is 24.0 Å². The number of carbonyl (C=O) groups excluding carboxylic acids is 4. The maximum atomic E-state index is 14.8. The van der Waals surface area contributed by atoms with Gasteiger partial charge in [-0.05, 0) is 42.5 Å². The Morgan fingerprint density at radius 2 is 1.73 bits per heavy atom. The number of piperidine rings is 1. The minimum Gasteiger partial charge on any atom is -0.481 e. The lowest BCUT2D eigenvalue weighted by Crippen LogP contribution is -2.56. The number of fused-ring (bicyclic) bond motifs is 1. The molecule has 2 atom stereocenters. The number of rotatable bonds is 11. The van der Waals surface area contributed by atoms with Gasteiger partial charge in [0.15, 0.2) is 5.82 Å². The number of esters is 1. The number of anilines is 1. The van der Waals surface area contributed by atoms with E-state index in [1.54, 1.807) is 0 Å². The Morgan fingerprint density at radius 1 is 1.04 bits per heavy atom. The molecule has 2 unspecified atom stereocenters. The first-order valence-corrected chi connectivity index (χ1v) is 15.4. The lowest BCUT2D eigenvalue weighted by molar-refractivity contribution is -0.148. The second-order valence-electron chi connectivity index (χ2n) is 11.1. The number of aliphatic carboxylic acids is 1. The number of hydrogen-bond donors (Lipinski definition) is 3. The molecule has 0 bridgehead atoms. The highest BCUT2D eigenvalue weighted by atomic mass is 35.5. The molecule has 2 aliphatic heterocycles. The molecule has 242 valence electrons. The van der Waals surface area contributed by atoms with Gasteiger partial charge in [-0.2, -0.15) is 0 Å². The van der Waals surface area contributed by atoms with Crippen molar-refractivity contribution in [1.29, 1.82) is 0 Å². The maximum Gasteiger partial charge on any atom is 0.303 e. The second kappa shape index (κ2) is 15.5. The van der Waals surface area contributed by atoms with E-state index in [4.69, 9.17) is 33.0 Å². The van der Waals surface area contributed by atoms with Gasteiger partial charge in [-0.25, -0.2) is 4.39 Å². The van der Waals surface area contributed by atoms with E-state index >= 15 is 0 Å². The Hall–Kier alpha value is -3.74. The highest BCUT2D eigenvalue weighted by molar-refractivity contribution is 6.42. The Bertz CT molecular complexity index is 1450. The van der Waals surface area contributed by atoms with Crippen LogP contribution in [0.15, 0.2) is 36.4 Å². The summed E-state index contributed by atoms with van der Waals surface area (Å²) in [5.41, 5.74) is 1.48. The number of nitrogens with zero attached hydrogens (tertiary/aromatic N) is 2. The molecule has 11 nitrogen and oxygen atoms in total. The molecule has 3 amide bonds. The van der Waals surface area contributed by atoms with Crippen molar-refractivity contribution in [2.45, 2.75) is 70.2 Å². The van der Waals surface area contributed by atoms with Crippen molar-refractivity contribution in [3.63, 3.8) is 0 Å². The third-order valence-corrected chi connectivity index (χ3v) is 8.73. The van der Waals surface area contributed by atoms with E-state index in [1.165, 1.54) is 24.0 Å². The number of ether oxygens (including phenoxy) is 1. The SMILES string of the molecule is CC(=O)OC1CCN(CCC(NC(=O)C2Cc3ccccc3CN2C(=O)CCC(=O)O)C(=O)Nc2ccc(Cl)c(Cl)c2F)CC1. The van der Waals surface area contributed by atoms with Crippen LogP contribution in [0.25, 0.3) is 0 Å². The van der Waals surface area contributed by atoms with Gasteiger partial charge in [0.1, 0.15) is 18.2 Å². The molecule has 45 heavy (non-hydrogen) atoms. The molecule has 0 saturated carbocycles. The number of hydrogen-bond acceptors (Lipinski definition) is 7. The quantitative estimate of drug-likeness (QED) is 0.243. The first-order chi connectivity index (χ1) is 21.4. The zero-order valence-electron chi connectivity index (χ0n) is 24.7. The van der Waals surface area contributed by atoms with Crippen molar-refractivity contribution in [2.75, 3.05) is 25.0 Å². The number of likely N-dealkylation sites (tertiary alicyclic amines) is 1. The van der Waals surface area contributed by atoms with E-state index in [1.807, 2.05) is 24.3 Å². The first-order valence-electron chi connectivity index (χ1n) is 14.6. The molecule has 0 radical (unpaired) electrons. The summed E-state index contributed by atoms with van der Waals surface area (Å²) in [4.78, 5) is 66.3. The molecule has 1 saturated heterocycles. The normalized spacial score (nSPS) is 17.6. The predicted molar refractivity (Wildman–Crippen MR) is 164 cm³/mol. The van der Waals surface area contributed by atoms with E-state index in [9.17, 15) is 28.4 Å². The Morgan fingerprint density at radius 3 is 2.40 bits per heavy atom. The molecule has 0 aromatic heterocycles. The lowest BCUT2D eigenvalue weighted by atomic mass is 9.92. The second-order valence-corrected chi connectivity index (χ2v) is 11.9. The number of carbonyl (C=O) groups is 5. The molecule has 0 spiro atoms. The number of carboxylic acids is 1. The van der Waals surface area contributed by atoms with Crippen LogP contribution in [0.2, 0.25) is 10.0 Å². The predicted octanol–water partition coefficient (Wildman–Crippen LogP) is 3.79. The van der Waals surface area contributed by atoms with E-state index in [0.717, 1.165) is 11.1 Å². The first kappa shape index (κ1) is 34.1. The molecule has 0 aliphatic carbocycles. The largest absolute Gasteiger partial charge is 0.481 e. The van der Waals surface area contributed by atoms with Crippen molar-refractivity contribution in [3.8, 4) is 0 Å². The zero-order valence-corrected chi connectivity index (χ0v) is 26.2. The Balaban J connectivity index is 1.52.